The van der Waals surface area contributed by atoms with Gasteiger partial charge < -0.3 is 10.2 Å². The quantitative estimate of drug-likeness (QED) is 0.689. The first kappa shape index (κ1) is 11.1. The molecule has 0 aliphatic heterocycles. The summed E-state index contributed by atoms with van der Waals surface area (Å²) < 4.78 is 0. The summed E-state index contributed by atoms with van der Waals surface area (Å²) in [5, 5.41) is 3.03. The molecule has 2 amide bonds. The molecule has 0 saturated heterocycles. The number of likely N-dealkylation sites (N-methyl/N-ethyl adjacent to an activating group) is 1. The number of carbonyl (C=O) groups is 1. The Labute approximate surface area is 86.2 Å². The summed E-state index contributed by atoms with van der Waals surface area (Å²) in [7, 11) is 1.80. The van der Waals surface area contributed by atoms with Crippen LogP contribution < -0.4 is 5.32 Å². The normalized spacial score (nSPS) is 16.7. The molecule has 0 bridgehead atoms. The van der Waals surface area contributed by atoms with E-state index in [9.17, 15) is 4.79 Å². The Kier molecular flexibility index (Phi) is 3.98. The predicted octanol–water partition coefficient (Wildman–Crippen LogP) is 2.15. The molecule has 1 saturated carbocycles. The van der Waals surface area contributed by atoms with Crippen LogP contribution in [0.2, 0.25) is 0 Å². The Balaban J connectivity index is 2.29. The number of hydrogen-bond donors (Lipinski definition) is 1. The van der Waals surface area contributed by atoms with E-state index in [2.05, 4.69) is 11.9 Å². The van der Waals surface area contributed by atoms with E-state index in [1.165, 1.54) is 12.8 Å². The Morgan fingerprint density at radius 1 is 1.50 bits per heavy atom. The third-order valence-electron chi connectivity index (χ3n) is 2.54. The van der Waals surface area contributed by atoms with Crippen LogP contribution in [0.5, 0.6) is 0 Å². The zero-order valence-corrected chi connectivity index (χ0v) is 9.18. The van der Waals surface area contributed by atoms with Gasteiger partial charge in [-0.2, -0.15) is 0 Å². The van der Waals surface area contributed by atoms with Gasteiger partial charge in [0.15, 0.2) is 0 Å². The molecule has 80 valence electrons. The van der Waals surface area contributed by atoms with Crippen molar-refractivity contribution in [2.75, 3.05) is 13.6 Å². The van der Waals surface area contributed by atoms with Gasteiger partial charge in [0.25, 0.3) is 0 Å². The van der Waals surface area contributed by atoms with Crippen molar-refractivity contribution in [3.8, 4) is 0 Å². The van der Waals surface area contributed by atoms with Gasteiger partial charge in [0.05, 0.1) is 0 Å². The molecule has 0 aromatic rings. The molecule has 14 heavy (non-hydrogen) atoms. The molecule has 0 heterocycles. The van der Waals surface area contributed by atoms with Crippen LogP contribution in [0, 0.1) is 0 Å². The van der Waals surface area contributed by atoms with Gasteiger partial charge in [-0.25, -0.2) is 4.79 Å². The lowest BCUT2D eigenvalue weighted by molar-refractivity contribution is 0.208. The zero-order valence-electron chi connectivity index (χ0n) is 9.18. The summed E-state index contributed by atoms with van der Waals surface area (Å²) in [5.74, 6) is 0. The van der Waals surface area contributed by atoms with Crippen LogP contribution in [0.25, 0.3) is 0 Å². The topological polar surface area (TPSA) is 32.3 Å². The minimum absolute atomic E-state index is 0.0277. The third-order valence-corrected chi connectivity index (χ3v) is 2.54. The van der Waals surface area contributed by atoms with E-state index in [0.29, 0.717) is 12.6 Å². The van der Waals surface area contributed by atoms with E-state index in [1.54, 1.807) is 11.9 Å². The summed E-state index contributed by atoms with van der Waals surface area (Å²) >= 11 is 0. The zero-order chi connectivity index (χ0) is 10.6. The molecule has 3 nitrogen and oxygen atoms in total. The summed E-state index contributed by atoms with van der Waals surface area (Å²) in [6.45, 7) is 6.36. The van der Waals surface area contributed by atoms with Crippen LogP contribution in [0.15, 0.2) is 12.2 Å². The van der Waals surface area contributed by atoms with Gasteiger partial charge in [-0.15, -0.1) is 0 Å². The minimum atomic E-state index is 0.0277. The predicted molar refractivity (Wildman–Crippen MR) is 58.2 cm³/mol. The van der Waals surface area contributed by atoms with Crippen molar-refractivity contribution >= 4 is 6.03 Å². The number of nitrogens with zero attached hydrogens (tertiary/aromatic N) is 1. The van der Waals surface area contributed by atoms with Crippen molar-refractivity contribution in [2.45, 2.75) is 38.6 Å². The van der Waals surface area contributed by atoms with E-state index >= 15 is 0 Å². The van der Waals surface area contributed by atoms with Crippen LogP contribution in [0.4, 0.5) is 4.79 Å². The lowest BCUT2D eigenvalue weighted by Gasteiger charge is -2.20. The highest BCUT2D eigenvalue weighted by molar-refractivity contribution is 5.74. The third kappa shape index (κ3) is 3.40. The fourth-order valence-electron chi connectivity index (χ4n) is 1.83. The number of hydrogen-bond acceptors (Lipinski definition) is 1. The van der Waals surface area contributed by atoms with Crippen molar-refractivity contribution in [1.29, 1.82) is 0 Å². The maximum Gasteiger partial charge on any atom is 0.317 e. The SMILES string of the molecule is C=C(C)CN(C)C(=O)NC1CCCC1. The fourth-order valence-corrected chi connectivity index (χ4v) is 1.83. The van der Waals surface area contributed by atoms with Crippen LogP contribution in [-0.4, -0.2) is 30.6 Å². The van der Waals surface area contributed by atoms with Crippen molar-refractivity contribution in [1.82, 2.24) is 10.2 Å². The van der Waals surface area contributed by atoms with Crippen LogP contribution >= 0.6 is 0 Å². The Hall–Kier alpha value is -0.990. The standard InChI is InChI=1S/C11H20N2O/c1-9(2)8-13(3)11(14)12-10-6-4-5-7-10/h10H,1,4-8H2,2-3H3,(H,12,14). The average molecular weight is 196 g/mol. The van der Waals surface area contributed by atoms with Gasteiger partial charge in [0.1, 0.15) is 0 Å². The summed E-state index contributed by atoms with van der Waals surface area (Å²) in [6, 6.07) is 0.426. The molecular formula is C11H20N2O. The number of amides is 2. The largest absolute Gasteiger partial charge is 0.335 e. The first-order chi connectivity index (χ1) is 6.59. The van der Waals surface area contributed by atoms with E-state index in [-0.39, 0.29) is 6.03 Å². The highest BCUT2D eigenvalue weighted by atomic mass is 16.2. The van der Waals surface area contributed by atoms with Crippen molar-refractivity contribution < 1.29 is 4.79 Å². The molecule has 1 N–H and O–H groups in total. The lowest BCUT2D eigenvalue weighted by Crippen LogP contribution is -2.42. The Morgan fingerprint density at radius 3 is 2.57 bits per heavy atom. The average Bonchev–Trinajstić information content (AvgIpc) is 2.55. The smallest absolute Gasteiger partial charge is 0.317 e. The molecule has 0 aromatic carbocycles. The van der Waals surface area contributed by atoms with E-state index in [1.807, 2.05) is 6.92 Å². The maximum absolute atomic E-state index is 11.6. The monoisotopic (exact) mass is 196 g/mol. The van der Waals surface area contributed by atoms with Gasteiger partial charge in [0, 0.05) is 19.6 Å². The van der Waals surface area contributed by atoms with Crippen molar-refractivity contribution in [3.05, 3.63) is 12.2 Å². The molecule has 1 fully saturated rings. The van der Waals surface area contributed by atoms with Crippen LogP contribution in [0.3, 0.4) is 0 Å². The Bertz CT molecular complexity index is 219. The van der Waals surface area contributed by atoms with E-state index in [4.69, 9.17) is 0 Å². The summed E-state index contributed by atoms with van der Waals surface area (Å²) in [6.07, 6.45) is 4.75. The van der Waals surface area contributed by atoms with E-state index in [0.717, 1.165) is 18.4 Å². The highest BCUT2D eigenvalue weighted by Crippen LogP contribution is 2.17. The Morgan fingerprint density at radius 2 is 2.07 bits per heavy atom. The molecule has 1 aliphatic carbocycles. The van der Waals surface area contributed by atoms with Crippen molar-refractivity contribution in [3.63, 3.8) is 0 Å². The molecule has 0 aromatic heterocycles. The molecule has 0 atom stereocenters. The maximum atomic E-state index is 11.6. The molecule has 0 unspecified atom stereocenters. The fraction of sp³-hybridized carbons (Fsp3) is 0.727. The minimum Gasteiger partial charge on any atom is -0.335 e. The number of rotatable bonds is 3. The van der Waals surface area contributed by atoms with Gasteiger partial charge in [-0.1, -0.05) is 25.0 Å². The van der Waals surface area contributed by atoms with Gasteiger partial charge >= 0.3 is 6.03 Å². The highest BCUT2D eigenvalue weighted by Gasteiger charge is 2.18. The lowest BCUT2D eigenvalue weighted by atomic mass is 10.2. The molecule has 0 spiro atoms. The summed E-state index contributed by atoms with van der Waals surface area (Å²) in [5.41, 5.74) is 1.01. The second kappa shape index (κ2) is 5.03. The van der Waals surface area contributed by atoms with Gasteiger partial charge in [0.2, 0.25) is 0 Å². The second-order valence-electron chi connectivity index (χ2n) is 4.24. The molecule has 0 radical (unpaired) electrons. The molecule has 3 heteroatoms. The van der Waals surface area contributed by atoms with Gasteiger partial charge in [-0.3, -0.25) is 0 Å². The number of nitrogens with one attached hydrogen (secondary N) is 1. The van der Waals surface area contributed by atoms with Crippen LogP contribution in [-0.2, 0) is 0 Å². The molecular weight excluding hydrogens is 176 g/mol. The first-order valence-corrected chi connectivity index (χ1v) is 5.25. The van der Waals surface area contributed by atoms with Crippen LogP contribution in [0.1, 0.15) is 32.6 Å². The van der Waals surface area contributed by atoms with Gasteiger partial charge in [-0.05, 0) is 19.8 Å². The van der Waals surface area contributed by atoms with E-state index < -0.39 is 0 Å². The van der Waals surface area contributed by atoms with Crippen molar-refractivity contribution in [2.24, 2.45) is 0 Å². The summed E-state index contributed by atoms with van der Waals surface area (Å²) in [4.78, 5) is 13.3. The number of carbonyl (C=O) groups excluding carboxylic acids is 1. The molecule has 1 aliphatic rings. The molecule has 1 rings (SSSR count). The number of urea groups is 1. The second-order valence-corrected chi connectivity index (χ2v) is 4.24. The first-order valence-electron chi connectivity index (χ1n) is 5.25.